The highest BCUT2D eigenvalue weighted by Crippen LogP contribution is 2.32. The van der Waals surface area contributed by atoms with Crippen molar-refractivity contribution in [3.8, 4) is 5.75 Å². The Balaban J connectivity index is 1.77. The molecule has 0 aliphatic heterocycles. The summed E-state index contributed by atoms with van der Waals surface area (Å²) in [5, 5.41) is 14.2. The molecule has 0 aromatic heterocycles. The molecule has 0 bridgehead atoms. The molecule has 10 heteroatoms. The van der Waals surface area contributed by atoms with Crippen LogP contribution in [0, 0.1) is 22.9 Å². The number of ether oxygens (including phenoxy) is 2. The number of carbonyl (C=O) groups excluding carboxylic acids is 2. The van der Waals surface area contributed by atoms with Gasteiger partial charge in [-0.3, -0.25) is 14.9 Å². The maximum atomic E-state index is 13.4. The molecule has 0 radical (unpaired) electrons. The molecule has 0 unspecified atom stereocenters. The summed E-state index contributed by atoms with van der Waals surface area (Å²) >= 11 is 5.91. The van der Waals surface area contributed by atoms with Crippen LogP contribution in [0.3, 0.4) is 0 Å². The minimum absolute atomic E-state index is 0.0302. The molecule has 1 N–H and O–H groups in total. The fraction of sp³-hybridized carbons (Fsp3) is 0.120. The van der Waals surface area contributed by atoms with E-state index in [-0.39, 0.29) is 22.7 Å². The Bertz CT molecular complexity index is 1290. The van der Waals surface area contributed by atoms with Crippen molar-refractivity contribution in [1.82, 2.24) is 0 Å². The van der Waals surface area contributed by atoms with Crippen LogP contribution < -0.4 is 10.1 Å². The monoisotopic (exact) mass is 498 g/mol. The van der Waals surface area contributed by atoms with Crippen LogP contribution in [0.4, 0.5) is 15.8 Å². The van der Waals surface area contributed by atoms with Gasteiger partial charge in [-0.05, 0) is 54.0 Å². The lowest BCUT2D eigenvalue weighted by Crippen LogP contribution is -2.22. The predicted molar refractivity (Wildman–Crippen MR) is 130 cm³/mol. The first-order valence-electron chi connectivity index (χ1n) is 10.2. The van der Waals surface area contributed by atoms with Gasteiger partial charge in [-0.1, -0.05) is 35.9 Å². The molecule has 0 spiro atoms. The first kappa shape index (κ1) is 25.4. The Labute approximate surface area is 205 Å². The summed E-state index contributed by atoms with van der Waals surface area (Å²) in [6.07, 6.45) is 1.54. The van der Waals surface area contributed by atoms with Gasteiger partial charge in [0.05, 0.1) is 17.6 Å². The summed E-state index contributed by atoms with van der Waals surface area (Å²) in [4.78, 5) is 35.8. The van der Waals surface area contributed by atoms with Gasteiger partial charge in [0.2, 0.25) is 0 Å². The Kier molecular flexibility index (Phi) is 8.17. The molecule has 3 aromatic carbocycles. The lowest BCUT2D eigenvalue weighted by molar-refractivity contribution is -0.385. The van der Waals surface area contributed by atoms with Crippen molar-refractivity contribution >= 4 is 46.5 Å². The number of rotatable bonds is 8. The normalized spacial score (nSPS) is 11.0. The number of hydrogen-bond acceptors (Lipinski definition) is 6. The van der Waals surface area contributed by atoms with Crippen LogP contribution in [0.5, 0.6) is 5.75 Å². The Morgan fingerprint density at radius 3 is 2.37 bits per heavy atom. The summed E-state index contributed by atoms with van der Waals surface area (Å²) in [7, 11) is 1.27. The zero-order chi connectivity index (χ0) is 25.5. The van der Waals surface area contributed by atoms with Gasteiger partial charge in [0.25, 0.3) is 5.91 Å². The lowest BCUT2D eigenvalue weighted by atomic mass is 10.0. The number of halogens is 2. The van der Waals surface area contributed by atoms with Gasteiger partial charge in [-0.25, -0.2) is 9.18 Å². The molecular weight excluding hydrogens is 479 g/mol. The van der Waals surface area contributed by atoms with E-state index in [0.29, 0.717) is 21.7 Å². The maximum Gasteiger partial charge on any atom is 0.339 e. The molecular formula is C25H20ClFN2O6. The van der Waals surface area contributed by atoms with Crippen molar-refractivity contribution < 1.29 is 28.4 Å². The second kappa shape index (κ2) is 11.3. The largest absolute Gasteiger partial charge is 0.490 e. The second-order valence-corrected chi connectivity index (χ2v) is 7.77. The van der Waals surface area contributed by atoms with Gasteiger partial charge in [-0.15, -0.1) is 0 Å². The van der Waals surface area contributed by atoms with E-state index in [1.54, 1.807) is 31.2 Å². The molecule has 3 rings (SSSR count). The average molecular weight is 499 g/mol. The van der Waals surface area contributed by atoms with E-state index in [1.165, 1.54) is 49.6 Å². The second-order valence-electron chi connectivity index (χ2n) is 7.34. The van der Waals surface area contributed by atoms with Gasteiger partial charge in [-0.2, -0.15) is 0 Å². The Hall–Kier alpha value is -4.24. The summed E-state index contributed by atoms with van der Waals surface area (Å²) in [6, 6.07) is 14.5. The SMILES string of the molecule is COc1cc(NC(=O)COC(=O)/C(=C/c2ccc(Cl)cc2)c2ccc(F)cc2)c(C)cc1[N+](=O)[O-]. The zero-order valence-corrected chi connectivity index (χ0v) is 19.5. The predicted octanol–water partition coefficient (Wildman–Crippen LogP) is 5.43. The van der Waals surface area contributed by atoms with Crippen LogP contribution in [-0.4, -0.2) is 30.5 Å². The van der Waals surface area contributed by atoms with E-state index in [1.807, 2.05) is 0 Å². The van der Waals surface area contributed by atoms with Crippen molar-refractivity contribution in [3.63, 3.8) is 0 Å². The fourth-order valence-electron chi connectivity index (χ4n) is 3.12. The van der Waals surface area contributed by atoms with E-state index < -0.39 is 29.2 Å². The molecule has 180 valence electrons. The zero-order valence-electron chi connectivity index (χ0n) is 18.7. The number of methoxy groups -OCH3 is 1. The van der Waals surface area contributed by atoms with Crippen LogP contribution >= 0.6 is 11.6 Å². The summed E-state index contributed by atoms with van der Waals surface area (Å²) in [6.45, 7) is 0.951. The van der Waals surface area contributed by atoms with E-state index in [0.717, 1.165) is 0 Å². The Morgan fingerprint density at radius 2 is 1.77 bits per heavy atom. The standard InChI is InChI=1S/C25H20ClFN2O6/c1-15-11-22(29(32)33)23(34-2)13-21(15)28-24(30)14-35-25(31)20(17-5-9-19(27)10-6-17)12-16-3-7-18(26)8-4-16/h3-13H,14H2,1-2H3,(H,28,30)/b20-12+. The summed E-state index contributed by atoms with van der Waals surface area (Å²) in [5.41, 5.74) is 1.58. The molecule has 0 heterocycles. The molecule has 0 aliphatic rings. The van der Waals surface area contributed by atoms with Crippen LogP contribution in [0.15, 0.2) is 60.7 Å². The highest BCUT2D eigenvalue weighted by atomic mass is 35.5. The molecule has 35 heavy (non-hydrogen) atoms. The number of benzene rings is 3. The van der Waals surface area contributed by atoms with Crippen molar-refractivity contribution in [1.29, 1.82) is 0 Å². The molecule has 1 amide bonds. The van der Waals surface area contributed by atoms with Gasteiger partial charge in [0.15, 0.2) is 12.4 Å². The number of amides is 1. The molecule has 0 saturated carbocycles. The molecule has 0 aliphatic carbocycles. The number of nitrogens with one attached hydrogen (secondary N) is 1. The molecule has 8 nitrogen and oxygen atoms in total. The maximum absolute atomic E-state index is 13.4. The fourth-order valence-corrected chi connectivity index (χ4v) is 3.25. The van der Waals surface area contributed by atoms with Crippen LogP contribution in [0.25, 0.3) is 11.6 Å². The van der Waals surface area contributed by atoms with Crippen molar-refractivity contribution in [2.24, 2.45) is 0 Å². The van der Waals surface area contributed by atoms with E-state index in [2.05, 4.69) is 5.32 Å². The van der Waals surface area contributed by atoms with Gasteiger partial charge in [0, 0.05) is 22.8 Å². The number of nitrogens with zero attached hydrogens (tertiary/aromatic N) is 1. The Morgan fingerprint density at radius 1 is 1.11 bits per heavy atom. The minimum Gasteiger partial charge on any atom is -0.490 e. The molecule has 0 atom stereocenters. The highest BCUT2D eigenvalue weighted by Gasteiger charge is 2.20. The number of nitro groups is 1. The number of esters is 1. The minimum atomic E-state index is -0.806. The van der Waals surface area contributed by atoms with Gasteiger partial charge < -0.3 is 14.8 Å². The third kappa shape index (κ3) is 6.64. The topological polar surface area (TPSA) is 108 Å². The van der Waals surface area contributed by atoms with Gasteiger partial charge in [0.1, 0.15) is 5.82 Å². The molecule has 0 saturated heterocycles. The third-order valence-electron chi connectivity index (χ3n) is 4.89. The van der Waals surface area contributed by atoms with E-state index in [9.17, 15) is 24.1 Å². The third-order valence-corrected chi connectivity index (χ3v) is 5.14. The number of nitro benzene ring substituents is 1. The number of anilines is 1. The van der Waals surface area contributed by atoms with Crippen molar-refractivity contribution in [3.05, 3.63) is 98.3 Å². The van der Waals surface area contributed by atoms with Crippen LogP contribution in [-0.2, 0) is 14.3 Å². The van der Waals surface area contributed by atoms with Crippen molar-refractivity contribution in [2.75, 3.05) is 19.0 Å². The van der Waals surface area contributed by atoms with E-state index in [4.69, 9.17) is 21.1 Å². The van der Waals surface area contributed by atoms with Gasteiger partial charge >= 0.3 is 11.7 Å². The highest BCUT2D eigenvalue weighted by molar-refractivity contribution is 6.30. The van der Waals surface area contributed by atoms with Crippen molar-refractivity contribution in [2.45, 2.75) is 6.92 Å². The first-order chi connectivity index (χ1) is 16.7. The molecule has 0 fully saturated rings. The first-order valence-corrected chi connectivity index (χ1v) is 10.6. The average Bonchev–Trinajstić information content (AvgIpc) is 2.83. The molecule has 3 aromatic rings. The number of hydrogen-bond donors (Lipinski definition) is 1. The van der Waals surface area contributed by atoms with Crippen LogP contribution in [0.2, 0.25) is 5.02 Å². The number of carbonyl (C=O) groups is 2. The summed E-state index contributed by atoms with van der Waals surface area (Å²) < 4.78 is 23.6. The van der Waals surface area contributed by atoms with E-state index >= 15 is 0 Å². The quantitative estimate of drug-likeness (QED) is 0.146. The van der Waals surface area contributed by atoms with Crippen LogP contribution in [0.1, 0.15) is 16.7 Å². The smallest absolute Gasteiger partial charge is 0.339 e. The lowest BCUT2D eigenvalue weighted by Gasteiger charge is -2.12. The summed E-state index contributed by atoms with van der Waals surface area (Å²) in [5.74, 6) is -1.97. The number of aryl methyl sites for hydroxylation is 1.